The molecule has 166 valence electrons. The summed E-state index contributed by atoms with van der Waals surface area (Å²) >= 11 is 0. The molecule has 2 aliphatic heterocycles. The maximum Gasteiger partial charge on any atom is 0.250 e. The second-order valence-electron chi connectivity index (χ2n) is 8.13. The van der Waals surface area contributed by atoms with Gasteiger partial charge in [0.25, 0.3) is 5.91 Å². The molecule has 2 aliphatic rings. The monoisotopic (exact) mass is 439 g/mol. The molecule has 1 aromatic heterocycles. The van der Waals surface area contributed by atoms with Crippen molar-refractivity contribution in [1.82, 2.24) is 14.9 Å². The van der Waals surface area contributed by atoms with Gasteiger partial charge in [-0.05, 0) is 56.3 Å². The van der Waals surface area contributed by atoms with Crippen LogP contribution >= 0.6 is 0 Å². The van der Waals surface area contributed by atoms with E-state index in [4.69, 9.17) is 11.2 Å². The van der Waals surface area contributed by atoms with Crippen molar-refractivity contribution in [3.63, 3.8) is 0 Å². The van der Waals surface area contributed by atoms with E-state index in [0.29, 0.717) is 24.7 Å². The number of hydrogen-bond acceptors (Lipinski definition) is 6. The molecule has 1 N–H and O–H groups in total. The summed E-state index contributed by atoms with van der Waals surface area (Å²) in [6.45, 7) is 3.90. The maximum atomic E-state index is 13.0. The number of carbonyl (C=O) groups excluding carboxylic acids is 1. The van der Waals surface area contributed by atoms with Gasteiger partial charge in [0, 0.05) is 23.9 Å². The van der Waals surface area contributed by atoms with E-state index in [0.717, 1.165) is 47.5 Å². The summed E-state index contributed by atoms with van der Waals surface area (Å²) in [4.78, 5) is 26.0. The van der Waals surface area contributed by atoms with Crippen molar-refractivity contribution >= 4 is 34.0 Å². The Balaban J connectivity index is 1.46. The maximum absolute atomic E-state index is 13.0. The highest BCUT2D eigenvalue weighted by Gasteiger charge is 2.26. The summed E-state index contributed by atoms with van der Waals surface area (Å²) in [6, 6.07) is 11.3. The second kappa shape index (κ2) is 9.31. The molecule has 7 nitrogen and oxygen atoms in total. The number of hydrogen-bond donors (Lipinski definition) is 1. The molecule has 5 rings (SSSR count). The van der Waals surface area contributed by atoms with E-state index in [2.05, 4.69) is 26.1 Å². The number of ether oxygens (including phenoxy) is 1. The number of nitrogens with zero attached hydrogens (tertiary/aromatic N) is 4. The van der Waals surface area contributed by atoms with Crippen molar-refractivity contribution in [2.24, 2.45) is 0 Å². The van der Waals surface area contributed by atoms with E-state index in [1.165, 1.54) is 19.2 Å². The summed E-state index contributed by atoms with van der Waals surface area (Å²) < 4.78 is 6.05. The summed E-state index contributed by atoms with van der Waals surface area (Å²) in [5.41, 5.74) is 3.05. The third kappa shape index (κ3) is 4.38. The van der Waals surface area contributed by atoms with Crippen molar-refractivity contribution in [2.75, 3.05) is 43.0 Å². The number of terminal acetylenes is 1. The normalized spacial score (nSPS) is 15.9. The molecule has 2 aromatic carbocycles. The molecule has 1 amide bonds. The highest BCUT2D eigenvalue weighted by Crippen LogP contribution is 2.41. The minimum absolute atomic E-state index is 0.0498. The van der Waals surface area contributed by atoms with E-state index in [1.54, 1.807) is 11.0 Å². The third-order valence-corrected chi connectivity index (χ3v) is 5.97. The molecule has 7 heteroatoms. The lowest BCUT2D eigenvalue weighted by Gasteiger charge is -2.30. The highest BCUT2D eigenvalue weighted by atomic mass is 16.5. The summed E-state index contributed by atoms with van der Waals surface area (Å²) in [5.74, 6) is 3.80. The van der Waals surface area contributed by atoms with Crippen LogP contribution in [0.25, 0.3) is 10.9 Å². The first-order valence-electron chi connectivity index (χ1n) is 11.2. The number of aromatic nitrogens is 2. The first kappa shape index (κ1) is 21.0. The van der Waals surface area contributed by atoms with Crippen LogP contribution in [0.2, 0.25) is 0 Å². The highest BCUT2D eigenvalue weighted by molar-refractivity contribution is 6.07. The van der Waals surface area contributed by atoms with Crippen LogP contribution in [0.15, 0.2) is 54.9 Å². The number of nitrogens with one attached hydrogen (secondary N) is 1. The smallest absolute Gasteiger partial charge is 0.250 e. The lowest BCUT2D eigenvalue weighted by atomic mass is 10.1. The topological polar surface area (TPSA) is 70.6 Å². The fraction of sp³-hybridized carbons (Fsp3) is 0.269. The van der Waals surface area contributed by atoms with Crippen LogP contribution in [0.5, 0.6) is 5.75 Å². The molecule has 1 fully saturated rings. The van der Waals surface area contributed by atoms with Gasteiger partial charge in [0.15, 0.2) is 5.75 Å². The molecule has 0 unspecified atom stereocenters. The first-order chi connectivity index (χ1) is 16.2. The number of amides is 1. The summed E-state index contributed by atoms with van der Waals surface area (Å²) in [6.07, 6.45) is 13.1. The van der Waals surface area contributed by atoms with Crippen LogP contribution in [0.3, 0.4) is 0 Å². The molecule has 0 spiro atoms. The molecule has 33 heavy (non-hydrogen) atoms. The van der Waals surface area contributed by atoms with Crippen molar-refractivity contribution in [3.8, 4) is 18.1 Å². The SMILES string of the molecule is C#Cc1cccc(Nc2ncnc3ccc4c(c23)OCCN4C(=O)/C=C/CN2CCCC2)c1. The molecule has 3 aromatic rings. The van der Waals surface area contributed by atoms with Crippen LogP contribution in [0.1, 0.15) is 18.4 Å². The Bertz CT molecular complexity index is 1260. The zero-order valence-electron chi connectivity index (χ0n) is 18.3. The van der Waals surface area contributed by atoms with Crippen LogP contribution in [-0.2, 0) is 4.79 Å². The van der Waals surface area contributed by atoms with Crippen molar-refractivity contribution in [3.05, 3.63) is 60.4 Å². The zero-order valence-corrected chi connectivity index (χ0v) is 18.3. The van der Waals surface area contributed by atoms with E-state index < -0.39 is 0 Å². The average molecular weight is 440 g/mol. The Kier molecular flexibility index (Phi) is 5.92. The molecule has 0 aliphatic carbocycles. The number of fused-ring (bicyclic) bond motifs is 3. The number of likely N-dealkylation sites (tertiary alicyclic amines) is 1. The lowest BCUT2D eigenvalue weighted by Crippen LogP contribution is -2.37. The van der Waals surface area contributed by atoms with Gasteiger partial charge in [0.05, 0.1) is 23.1 Å². The first-order valence-corrected chi connectivity index (χ1v) is 11.2. The fourth-order valence-electron chi connectivity index (χ4n) is 4.33. The number of benzene rings is 2. The predicted molar refractivity (Wildman–Crippen MR) is 130 cm³/mol. The van der Waals surface area contributed by atoms with Gasteiger partial charge in [-0.2, -0.15) is 0 Å². The van der Waals surface area contributed by atoms with Crippen LogP contribution in [-0.4, -0.2) is 53.6 Å². The quantitative estimate of drug-likeness (QED) is 0.483. The Morgan fingerprint density at radius 2 is 2.06 bits per heavy atom. The molecule has 0 atom stereocenters. The van der Waals surface area contributed by atoms with Crippen LogP contribution in [0, 0.1) is 12.3 Å². The van der Waals surface area contributed by atoms with Gasteiger partial charge < -0.3 is 15.0 Å². The lowest BCUT2D eigenvalue weighted by molar-refractivity contribution is -0.114. The van der Waals surface area contributed by atoms with E-state index in [1.807, 2.05) is 42.5 Å². The average Bonchev–Trinajstić information content (AvgIpc) is 3.37. The summed E-state index contributed by atoms with van der Waals surface area (Å²) in [7, 11) is 0. The Morgan fingerprint density at radius 3 is 2.91 bits per heavy atom. The van der Waals surface area contributed by atoms with Crippen molar-refractivity contribution in [2.45, 2.75) is 12.8 Å². The van der Waals surface area contributed by atoms with Gasteiger partial charge in [-0.3, -0.25) is 9.69 Å². The predicted octanol–water partition coefficient (Wildman–Crippen LogP) is 3.73. The molecule has 0 bridgehead atoms. The van der Waals surface area contributed by atoms with Gasteiger partial charge in [-0.15, -0.1) is 6.42 Å². The molecule has 3 heterocycles. The van der Waals surface area contributed by atoms with E-state index >= 15 is 0 Å². The van der Waals surface area contributed by atoms with E-state index in [9.17, 15) is 4.79 Å². The van der Waals surface area contributed by atoms with Gasteiger partial charge in [-0.1, -0.05) is 18.1 Å². The molecule has 0 saturated carbocycles. The Morgan fingerprint density at radius 1 is 1.18 bits per heavy atom. The molecule has 1 saturated heterocycles. The van der Waals surface area contributed by atoms with Gasteiger partial charge in [0.2, 0.25) is 0 Å². The molecular formula is C26H25N5O2. The third-order valence-electron chi connectivity index (χ3n) is 5.97. The zero-order chi connectivity index (χ0) is 22.6. The van der Waals surface area contributed by atoms with Crippen LogP contribution in [0.4, 0.5) is 17.2 Å². The minimum Gasteiger partial charge on any atom is -0.489 e. The van der Waals surface area contributed by atoms with Crippen molar-refractivity contribution in [1.29, 1.82) is 0 Å². The molecule has 0 radical (unpaired) electrons. The number of rotatable bonds is 5. The Labute approximate surface area is 193 Å². The fourth-order valence-corrected chi connectivity index (χ4v) is 4.33. The molecular weight excluding hydrogens is 414 g/mol. The number of anilines is 3. The van der Waals surface area contributed by atoms with Gasteiger partial charge in [0.1, 0.15) is 18.8 Å². The number of carbonyl (C=O) groups is 1. The van der Waals surface area contributed by atoms with E-state index in [-0.39, 0.29) is 5.91 Å². The van der Waals surface area contributed by atoms with Crippen LogP contribution < -0.4 is 15.0 Å². The minimum atomic E-state index is -0.0498. The van der Waals surface area contributed by atoms with Gasteiger partial charge in [-0.25, -0.2) is 9.97 Å². The van der Waals surface area contributed by atoms with Crippen molar-refractivity contribution < 1.29 is 9.53 Å². The second-order valence-corrected chi connectivity index (χ2v) is 8.13. The van der Waals surface area contributed by atoms with Gasteiger partial charge >= 0.3 is 0 Å². The standard InChI is InChI=1S/C26H25N5O2/c1-2-19-7-5-8-20(17-19)29-26-24-21(27-18-28-26)10-11-22-25(24)33-16-15-31(22)23(32)9-6-14-30-12-3-4-13-30/h1,5-11,17-18H,3-4,12-16H2,(H,27,28,29)/b9-6+. The Hall–Kier alpha value is -3.89. The summed E-state index contributed by atoms with van der Waals surface area (Å²) in [5, 5.41) is 4.07. The largest absolute Gasteiger partial charge is 0.489 e.